The number of benzene rings is 3. The number of hydrogen-bond acceptors (Lipinski definition) is 5. The van der Waals surface area contributed by atoms with E-state index in [0.29, 0.717) is 25.8 Å². The fourth-order valence-electron chi connectivity index (χ4n) is 4.83. The number of hydrogen-bond donors (Lipinski definition) is 0. The van der Waals surface area contributed by atoms with Gasteiger partial charge in [0.1, 0.15) is 25.6 Å². The van der Waals surface area contributed by atoms with E-state index in [9.17, 15) is 0 Å². The van der Waals surface area contributed by atoms with Gasteiger partial charge in [-0.25, -0.2) is 4.99 Å². The lowest BCUT2D eigenvalue weighted by molar-refractivity contribution is 0.0639. The zero-order valence-corrected chi connectivity index (χ0v) is 18.7. The van der Waals surface area contributed by atoms with Crippen molar-refractivity contribution in [2.45, 2.75) is 32.0 Å². The molecule has 0 bridgehead atoms. The van der Waals surface area contributed by atoms with Crippen LogP contribution in [0.2, 0.25) is 0 Å². The molecule has 3 heterocycles. The monoisotopic (exact) mass is 440 g/mol. The Bertz CT molecular complexity index is 1230. The summed E-state index contributed by atoms with van der Waals surface area (Å²) in [6.07, 6.45) is 5.45. The second kappa shape index (κ2) is 8.91. The predicted octanol–water partition coefficient (Wildman–Crippen LogP) is 5.18. The molecule has 5 nitrogen and oxygen atoms in total. The molecule has 168 valence electrons. The Hall–Kier alpha value is -3.31. The predicted molar refractivity (Wildman–Crippen MR) is 130 cm³/mol. The Morgan fingerprint density at radius 1 is 1.00 bits per heavy atom. The number of nitrogens with zero attached hydrogens (tertiary/aromatic N) is 2. The maximum Gasteiger partial charge on any atom is 0.212 e. The molecule has 5 heteroatoms. The van der Waals surface area contributed by atoms with E-state index in [1.165, 1.54) is 33.2 Å². The zero-order valence-electron chi connectivity index (χ0n) is 18.7. The lowest BCUT2D eigenvalue weighted by Gasteiger charge is -2.34. The second-order valence-corrected chi connectivity index (χ2v) is 8.92. The van der Waals surface area contributed by atoms with Crippen LogP contribution in [0.1, 0.15) is 29.5 Å². The largest absolute Gasteiger partial charge is 0.489 e. The molecule has 1 unspecified atom stereocenters. The van der Waals surface area contributed by atoms with Gasteiger partial charge in [0, 0.05) is 24.8 Å². The SMILES string of the molecule is C1=C2c3ccc(OCc4ccc5ccccc5c4)cc3CCN2CN=C1OCC1CCCO1. The lowest BCUT2D eigenvalue weighted by atomic mass is 9.95. The first-order valence-electron chi connectivity index (χ1n) is 11.8. The smallest absolute Gasteiger partial charge is 0.212 e. The molecule has 33 heavy (non-hydrogen) atoms. The molecule has 0 spiro atoms. The molecule has 0 aromatic heterocycles. The summed E-state index contributed by atoms with van der Waals surface area (Å²) in [7, 11) is 0. The number of rotatable bonds is 5. The van der Waals surface area contributed by atoms with Gasteiger partial charge in [-0.3, -0.25) is 0 Å². The molecule has 3 aromatic carbocycles. The van der Waals surface area contributed by atoms with Crippen molar-refractivity contribution in [1.82, 2.24) is 4.90 Å². The molecule has 1 fully saturated rings. The summed E-state index contributed by atoms with van der Waals surface area (Å²) in [4.78, 5) is 6.93. The first-order chi connectivity index (χ1) is 16.3. The third-order valence-corrected chi connectivity index (χ3v) is 6.66. The normalized spacial score (nSPS) is 19.5. The van der Waals surface area contributed by atoms with Crippen molar-refractivity contribution >= 4 is 22.4 Å². The van der Waals surface area contributed by atoms with Crippen molar-refractivity contribution in [2.75, 3.05) is 26.4 Å². The topological polar surface area (TPSA) is 43.3 Å². The molecule has 3 aliphatic rings. The van der Waals surface area contributed by atoms with E-state index in [2.05, 4.69) is 76.6 Å². The van der Waals surface area contributed by atoms with Gasteiger partial charge in [-0.05, 0) is 65.4 Å². The molecule has 1 atom stereocenters. The fourth-order valence-corrected chi connectivity index (χ4v) is 4.83. The van der Waals surface area contributed by atoms with Crippen LogP contribution in [-0.2, 0) is 22.5 Å². The van der Waals surface area contributed by atoms with Crippen LogP contribution in [0.25, 0.3) is 16.5 Å². The van der Waals surface area contributed by atoms with Crippen molar-refractivity contribution in [3.63, 3.8) is 0 Å². The van der Waals surface area contributed by atoms with Gasteiger partial charge in [0.15, 0.2) is 0 Å². The van der Waals surface area contributed by atoms with Crippen LogP contribution < -0.4 is 4.74 Å². The van der Waals surface area contributed by atoms with E-state index in [1.54, 1.807) is 0 Å². The molecule has 1 saturated heterocycles. The van der Waals surface area contributed by atoms with Crippen LogP contribution in [0.5, 0.6) is 5.75 Å². The molecule has 0 aliphatic carbocycles. The van der Waals surface area contributed by atoms with Crippen LogP contribution in [0.4, 0.5) is 0 Å². The van der Waals surface area contributed by atoms with Crippen LogP contribution in [-0.4, -0.2) is 43.3 Å². The van der Waals surface area contributed by atoms with Crippen LogP contribution >= 0.6 is 0 Å². The van der Waals surface area contributed by atoms with Gasteiger partial charge in [0.2, 0.25) is 5.90 Å². The highest BCUT2D eigenvalue weighted by Crippen LogP contribution is 2.33. The van der Waals surface area contributed by atoms with Crippen LogP contribution in [0, 0.1) is 0 Å². The summed E-state index contributed by atoms with van der Waals surface area (Å²) in [6.45, 7) is 3.58. The van der Waals surface area contributed by atoms with E-state index in [0.717, 1.165) is 38.2 Å². The first kappa shape index (κ1) is 20.3. The van der Waals surface area contributed by atoms with Crippen molar-refractivity contribution in [3.05, 3.63) is 83.4 Å². The molecule has 6 rings (SSSR count). The number of ether oxygens (including phenoxy) is 3. The zero-order chi connectivity index (χ0) is 22.0. The Kier molecular flexibility index (Phi) is 5.48. The summed E-state index contributed by atoms with van der Waals surface area (Å²) in [5.74, 6) is 1.62. The summed E-state index contributed by atoms with van der Waals surface area (Å²) in [5.41, 5.74) is 4.92. The molecule has 0 saturated carbocycles. The molecule has 0 amide bonds. The molecular formula is C28H28N2O3. The quantitative estimate of drug-likeness (QED) is 0.548. The van der Waals surface area contributed by atoms with Crippen molar-refractivity contribution in [3.8, 4) is 5.75 Å². The van der Waals surface area contributed by atoms with Gasteiger partial charge in [0.25, 0.3) is 0 Å². The van der Waals surface area contributed by atoms with Crippen molar-refractivity contribution < 1.29 is 14.2 Å². The van der Waals surface area contributed by atoms with Crippen LogP contribution in [0.15, 0.2) is 71.7 Å². The van der Waals surface area contributed by atoms with Crippen molar-refractivity contribution in [2.24, 2.45) is 4.99 Å². The molecule has 3 aliphatic heterocycles. The highest BCUT2D eigenvalue weighted by molar-refractivity contribution is 5.96. The van der Waals surface area contributed by atoms with Gasteiger partial charge in [0.05, 0.1) is 11.8 Å². The minimum atomic E-state index is 0.199. The van der Waals surface area contributed by atoms with Gasteiger partial charge in [-0.2, -0.15) is 0 Å². The summed E-state index contributed by atoms with van der Waals surface area (Å²) in [5, 5.41) is 2.50. The number of fused-ring (bicyclic) bond motifs is 4. The van der Waals surface area contributed by atoms with Gasteiger partial charge >= 0.3 is 0 Å². The average molecular weight is 441 g/mol. The van der Waals surface area contributed by atoms with E-state index in [4.69, 9.17) is 14.2 Å². The molecule has 0 radical (unpaired) electrons. The van der Waals surface area contributed by atoms with E-state index in [-0.39, 0.29) is 6.10 Å². The van der Waals surface area contributed by atoms with Crippen LogP contribution in [0.3, 0.4) is 0 Å². The Morgan fingerprint density at radius 3 is 2.85 bits per heavy atom. The summed E-state index contributed by atoms with van der Waals surface area (Å²) in [6, 6.07) is 21.4. The third kappa shape index (κ3) is 4.33. The van der Waals surface area contributed by atoms with E-state index < -0.39 is 0 Å². The second-order valence-electron chi connectivity index (χ2n) is 8.92. The van der Waals surface area contributed by atoms with Gasteiger partial charge in [-0.15, -0.1) is 0 Å². The summed E-state index contributed by atoms with van der Waals surface area (Å²) >= 11 is 0. The minimum Gasteiger partial charge on any atom is -0.489 e. The maximum atomic E-state index is 6.16. The highest BCUT2D eigenvalue weighted by atomic mass is 16.5. The van der Waals surface area contributed by atoms with E-state index >= 15 is 0 Å². The molecule has 3 aromatic rings. The number of aliphatic imine (C=N–C) groups is 1. The highest BCUT2D eigenvalue weighted by Gasteiger charge is 2.25. The Morgan fingerprint density at radius 2 is 1.94 bits per heavy atom. The Labute approximate surface area is 194 Å². The first-order valence-corrected chi connectivity index (χ1v) is 11.8. The molecule has 0 N–H and O–H groups in total. The van der Waals surface area contributed by atoms with Crippen molar-refractivity contribution in [1.29, 1.82) is 0 Å². The van der Waals surface area contributed by atoms with Gasteiger partial charge < -0.3 is 19.1 Å². The molecular weight excluding hydrogens is 412 g/mol. The van der Waals surface area contributed by atoms with E-state index in [1.807, 2.05) is 0 Å². The average Bonchev–Trinajstić information content (AvgIpc) is 3.39. The minimum absolute atomic E-state index is 0.199. The fraction of sp³-hybridized carbons (Fsp3) is 0.321. The van der Waals surface area contributed by atoms with Gasteiger partial charge in [-0.1, -0.05) is 36.4 Å². The maximum absolute atomic E-state index is 6.16. The summed E-state index contributed by atoms with van der Waals surface area (Å²) < 4.78 is 17.8. The Balaban J connectivity index is 1.15. The lowest BCUT2D eigenvalue weighted by Crippen LogP contribution is -2.33. The third-order valence-electron chi connectivity index (χ3n) is 6.66. The standard InChI is InChI=1S/C28H28N2O3/c1-2-5-22-14-20(7-8-21(22)4-1)17-32-24-9-10-26-23(15-24)11-12-30-19-29-28(16-27(26)30)33-18-25-6-3-13-31-25/h1-2,4-5,7-10,14-16,25H,3,6,11-13,17-19H2.